The summed E-state index contributed by atoms with van der Waals surface area (Å²) in [5, 5.41) is 5.79. The average Bonchev–Trinajstić information content (AvgIpc) is 2.76. The maximum absolute atomic E-state index is 14.1. The molecule has 0 aliphatic carbocycles. The van der Waals surface area contributed by atoms with Gasteiger partial charge >= 0.3 is 6.09 Å². The lowest BCUT2D eigenvalue weighted by molar-refractivity contribution is -0.141. The summed E-state index contributed by atoms with van der Waals surface area (Å²) in [6.45, 7) is 17.2. The predicted octanol–water partition coefficient (Wildman–Crippen LogP) is 6.08. The molecule has 0 bridgehead atoms. The van der Waals surface area contributed by atoms with Crippen molar-refractivity contribution in [1.29, 1.82) is 0 Å². The molecule has 0 spiro atoms. The minimum absolute atomic E-state index is 0.223. The molecule has 2 unspecified atom stereocenters. The van der Waals surface area contributed by atoms with Gasteiger partial charge in [0.2, 0.25) is 5.91 Å². The number of benzene rings is 2. The molecule has 3 amide bonds. The van der Waals surface area contributed by atoms with Crippen LogP contribution in [0.4, 0.5) is 10.5 Å². The number of nitrogens with zero attached hydrogens (tertiary/aromatic N) is 1. The number of anilines is 1. The first kappa shape index (κ1) is 29.9. The quantitative estimate of drug-likeness (QED) is 0.429. The Kier molecular flexibility index (Phi) is 10.3. The Labute approximate surface area is 222 Å². The van der Waals surface area contributed by atoms with Crippen molar-refractivity contribution in [3.05, 3.63) is 64.7 Å². The maximum atomic E-state index is 14.1. The monoisotopic (exact) mass is 509 g/mol. The van der Waals surface area contributed by atoms with Crippen molar-refractivity contribution in [2.75, 3.05) is 11.9 Å². The molecule has 0 aliphatic heterocycles. The predicted molar refractivity (Wildman–Crippen MR) is 148 cm³/mol. The van der Waals surface area contributed by atoms with Gasteiger partial charge in [0.05, 0.1) is 0 Å². The van der Waals surface area contributed by atoms with Gasteiger partial charge in [-0.05, 0) is 71.1 Å². The smallest absolute Gasteiger partial charge is 0.408 e. The fourth-order valence-electron chi connectivity index (χ4n) is 4.29. The summed E-state index contributed by atoms with van der Waals surface area (Å²) in [6.07, 6.45) is -0.0228. The van der Waals surface area contributed by atoms with Gasteiger partial charge in [0.15, 0.2) is 0 Å². The third kappa shape index (κ3) is 8.62. The van der Waals surface area contributed by atoms with E-state index in [-0.39, 0.29) is 17.7 Å². The molecule has 2 N–H and O–H groups in total. The Morgan fingerprint density at radius 2 is 1.57 bits per heavy atom. The molecule has 7 heteroatoms. The van der Waals surface area contributed by atoms with Crippen LogP contribution in [0.1, 0.15) is 76.3 Å². The summed E-state index contributed by atoms with van der Waals surface area (Å²) in [4.78, 5) is 42.2. The molecule has 37 heavy (non-hydrogen) atoms. The first-order valence-corrected chi connectivity index (χ1v) is 13.0. The van der Waals surface area contributed by atoms with Crippen molar-refractivity contribution in [2.24, 2.45) is 5.92 Å². The van der Waals surface area contributed by atoms with Crippen molar-refractivity contribution < 1.29 is 19.1 Å². The van der Waals surface area contributed by atoms with Gasteiger partial charge in [-0.15, -0.1) is 0 Å². The second-order valence-corrected chi connectivity index (χ2v) is 11.0. The lowest BCUT2D eigenvalue weighted by Gasteiger charge is -2.35. The number of carbonyl (C=O) groups excluding carboxylic acids is 3. The molecule has 2 rings (SSSR count). The van der Waals surface area contributed by atoms with Crippen LogP contribution in [0.25, 0.3) is 0 Å². The topological polar surface area (TPSA) is 87.7 Å². The normalized spacial score (nSPS) is 13.0. The van der Waals surface area contributed by atoms with E-state index in [2.05, 4.69) is 10.6 Å². The van der Waals surface area contributed by atoms with E-state index in [9.17, 15) is 14.4 Å². The number of carbonyl (C=O) groups is 3. The molecule has 2 aromatic carbocycles. The van der Waals surface area contributed by atoms with E-state index in [1.54, 1.807) is 25.7 Å². The number of ether oxygens (including phenoxy) is 1. The third-order valence-corrected chi connectivity index (χ3v) is 5.88. The largest absolute Gasteiger partial charge is 0.444 e. The Hall–Kier alpha value is -3.35. The van der Waals surface area contributed by atoms with E-state index in [1.807, 2.05) is 84.0 Å². The number of hydrogen-bond donors (Lipinski definition) is 2. The van der Waals surface area contributed by atoms with Crippen molar-refractivity contribution in [3.63, 3.8) is 0 Å². The van der Waals surface area contributed by atoms with Crippen LogP contribution in [0.15, 0.2) is 42.5 Å². The summed E-state index contributed by atoms with van der Waals surface area (Å²) in [5.74, 6) is -0.855. The second kappa shape index (κ2) is 12.7. The minimum atomic E-state index is -0.882. The second-order valence-electron chi connectivity index (χ2n) is 11.0. The van der Waals surface area contributed by atoms with Gasteiger partial charge in [-0.2, -0.15) is 0 Å². The van der Waals surface area contributed by atoms with Crippen LogP contribution in [-0.4, -0.2) is 41.0 Å². The highest BCUT2D eigenvalue weighted by Gasteiger charge is 2.37. The number of alkyl carbamates (subject to hydrolysis) is 1. The minimum Gasteiger partial charge on any atom is -0.444 e. The van der Waals surface area contributed by atoms with Crippen molar-refractivity contribution in [1.82, 2.24) is 10.2 Å². The van der Waals surface area contributed by atoms with Crippen LogP contribution in [0.3, 0.4) is 0 Å². The molecule has 0 aromatic heterocycles. The zero-order valence-corrected chi connectivity index (χ0v) is 23.8. The fourth-order valence-corrected chi connectivity index (χ4v) is 4.29. The number of nitrogens with one attached hydrogen (secondary N) is 2. The lowest BCUT2D eigenvalue weighted by Crippen LogP contribution is -2.54. The van der Waals surface area contributed by atoms with E-state index in [1.165, 1.54) is 0 Å². The number of hydrogen-bond acceptors (Lipinski definition) is 4. The molecule has 0 saturated carbocycles. The number of para-hydroxylation sites is 1. The summed E-state index contributed by atoms with van der Waals surface area (Å²) in [5.41, 5.74) is 3.64. The van der Waals surface area contributed by atoms with Crippen LogP contribution >= 0.6 is 0 Å². The van der Waals surface area contributed by atoms with Gasteiger partial charge in [0.1, 0.15) is 17.7 Å². The van der Waals surface area contributed by atoms with Crippen LogP contribution in [0, 0.1) is 26.7 Å². The Morgan fingerprint density at radius 3 is 2.08 bits per heavy atom. The van der Waals surface area contributed by atoms with Crippen molar-refractivity contribution in [3.8, 4) is 0 Å². The molecule has 2 aromatic rings. The summed E-state index contributed by atoms with van der Waals surface area (Å²) in [7, 11) is 0. The van der Waals surface area contributed by atoms with Gasteiger partial charge in [-0.25, -0.2) is 4.79 Å². The van der Waals surface area contributed by atoms with E-state index in [0.29, 0.717) is 18.7 Å². The van der Waals surface area contributed by atoms with Crippen molar-refractivity contribution >= 4 is 23.6 Å². The number of aryl methyl sites for hydroxylation is 3. The molecule has 7 nitrogen and oxygen atoms in total. The molecule has 2 atom stereocenters. The molecular formula is C30H43N3O4. The van der Waals surface area contributed by atoms with Crippen LogP contribution < -0.4 is 10.6 Å². The van der Waals surface area contributed by atoms with E-state index in [4.69, 9.17) is 4.74 Å². The average molecular weight is 510 g/mol. The molecular weight excluding hydrogens is 466 g/mol. The van der Waals surface area contributed by atoms with Gasteiger partial charge < -0.3 is 20.3 Å². The molecule has 0 heterocycles. The highest BCUT2D eigenvalue weighted by Crippen LogP contribution is 2.28. The molecule has 0 saturated heterocycles. The van der Waals surface area contributed by atoms with E-state index >= 15 is 0 Å². The molecule has 0 aliphatic rings. The van der Waals surface area contributed by atoms with Crippen LogP contribution in [0.2, 0.25) is 0 Å². The first-order chi connectivity index (χ1) is 17.2. The summed E-state index contributed by atoms with van der Waals surface area (Å²) < 4.78 is 5.42. The Morgan fingerprint density at radius 1 is 0.973 bits per heavy atom. The van der Waals surface area contributed by atoms with E-state index < -0.39 is 23.8 Å². The standard InChI is InChI=1S/C30H43N3O4/c1-10-15-33(28(35)25(19(2)3)32-29(36)37-30(7,8)9)26(23-17-20(4)16-21(5)18-23)27(34)31-24-14-12-11-13-22(24)6/h11-14,16-19,25-26H,10,15H2,1-9H3,(H,31,34)(H,32,36). The Balaban J connectivity index is 2.54. The maximum Gasteiger partial charge on any atom is 0.408 e. The summed E-state index contributed by atoms with van der Waals surface area (Å²) in [6, 6.07) is 11.7. The van der Waals surface area contributed by atoms with Gasteiger partial charge in [0.25, 0.3) is 5.91 Å². The highest BCUT2D eigenvalue weighted by atomic mass is 16.6. The third-order valence-electron chi connectivity index (χ3n) is 5.88. The van der Waals surface area contributed by atoms with E-state index in [0.717, 1.165) is 22.3 Å². The van der Waals surface area contributed by atoms with Gasteiger partial charge in [0, 0.05) is 12.2 Å². The van der Waals surface area contributed by atoms with Gasteiger partial charge in [-0.3, -0.25) is 9.59 Å². The SMILES string of the molecule is CCCN(C(=O)C(NC(=O)OC(C)(C)C)C(C)C)C(C(=O)Nc1ccccc1C)c1cc(C)cc(C)c1. The first-order valence-electron chi connectivity index (χ1n) is 13.0. The number of rotatable bonds is 9. The lowest BCUT2D eigenvalue weighted by atomic mass is 9.96. The molecule has 202 valence electrons. The van der Waals surface area contributed by atoms with Crippen LogP contribution in [0.5, 0.6) is 0 Å². The van der Waals surface area contributed by atoms with Gasteiger partial charge in [-0.1, -0.05) is 68.3 Å². The number of amides is 3. The van der Waals surface area contributed by atoms with Crippen LogP contribution in [-0.2, 0) is 14.3 Å². The zero-order chi connectivity index (χ0) is 27.9. The zero-order valence-electron chi connectivity index (χ0n) is 23.8. The van der Waals surface area contributed by atoms with Crippen molar-refractivity contribution in [2.45, 2.75) is 86.4 Å². The Bertz CT molecular complexity index is 1080. The summed E-state index contributed by atoms with van der Waals surface area (Å²) >= 11 is 0. The fraction of sp³-hybridized carbons (Fsp3) is 0.500. The molecule has 0 fully saturated rings. The highest BCUT2D eigenvalue weighted by molar-refractivity contribution is 5.99. The molecule has 0 radical (unpaired) electrons.